The molecule has 0 spiro atoms. The third kappa shape index (κ3) is 5.21. The average molecular weight is 526 g/mol. The lowest BCUT2D eigenvalue weighted by atomic mass is 10.1. The number of likely N-dealkylation sites (N-methyl/N-ethyl adjacent to an activating group) is 1. The molecule has 0 radical (unpaired) electrons. The van der Waals surface area contributed by atoms with Gasteiger partial charge in [0, 0.05) is 32.6 Å². The van der Waals surface area contributed by atoms with Gasteiger partial charge < -0.3 is 15.2 Å². The number of H-pyrrole nitrogens is 1. The van der Waals surface area contributed by atoms with Gasteiger partial charge in [0.2, 0.25) is 5.88 Å². The number of ether oxygens (including phenoxy) is 2. The number of nitriles is 1. The number of aliphatic imine (C=N–C) groups is 1. The summed E-state index contributed by atoms with van der Waals surface area (Å²) in [6, 6.07) is 3.70. The predicted octanol–water partition coefficient (Wildman–Crippen LogP) is 2.73. The summed E-state index contributed by atoms with van der Waals surface area (Å²) in [5.41, 5.74) is 10.7. The van der Waals surface area contributed by atoms with Gasteiger partial charge >= 0.3 is 0 Å². The van der Waals surface area contributed by atoms with Crippen LogP contribution in [-0.4, -0.2) is 81.9 Å². The van der Waals surface area contributed by atoms with Gasteiger partial charge in [-0.05, 0) is 39.1 Å². The fraction of sp³-hybridized carbons (Fsp3) is 0.400. The van der Waals surface area contributed by atoms with Gasteiger partial charge in [0.1, 0.15) is 11.6 Å². The van der Waals surface area contributed by atoms with Crippen LogP contribution in [-0.2, 0) is 11.8 Å². The molecule has 0 aliphatic carbocycles. The number of halogens is 2. The van der Waals surface area contributed by atoms with Crippen LogP contribution >= 0.6 is 0 Å². The number of allylic oxidation sites excluding steroid dienone is 1. The Morgan fingerprint density at radius 3 is 2.79 bits per heavy atom. The van der Waals surface area contributed by atoms with Crippen molar-refractivity contribution in [3.8, 4) is 23.2 Å². The highest BCUT2D eigenvalue weighted by Crippen LogP contribution is 2.35. The minimum Gasteiger partial charge on any atom is -0.467 e. The van der Waals surface area contributed by atoms with Gasteiger partial charge in [-0.2, -0.15) is 15.5 Å². The van der Waals surface area contributed by atoms with Crippen LogP contribution in [0.3, 0.4) is 0 Å². The number of aryl methyl sites for hydroxylation is 3. The average Bonchev–Trinajstić information content (AvgIpc) is 3.40. The number of pyridine rings is 1. The van der Waals surface area contributed by atoms with Crippen LogP contribution in [0.25, 0.3) is 28.2 Å². The molecule has 0 saturated carbocycles. The summed E-state index contributed by atoms with van der Waals surface area (Å²) in [7, 11) is 4.89. The Labute approximate surface area is 218 Å². The number of alkyl halides is 2. The van der Waals surface area contributed by atoms with Gasteiger partial charge in [0.15, 0.2) is 18.6 Å². The zero-order valence-corrected chi connectivity index (χ0v) is 21.8. The monoisotopic (exact) mass is 525 g/mol. The van der Waals surface area contributed by atoms with Crippen molar-refractivity contribution in [2.24, 2.45) is 17.8 Å². The second-order valence-electron chi connectivity index (χ2n) is 8.93. The third-order valence-corrected chi connectivity index (χ3v) is 6.18. The number of nitrogens with one attached hydrogen (secondary N) is 1. The molecule has 3 aromatic heterocycles. The van der Waals surface area contributed by atoms with Crippen molar-refractivity contribution in [2.75, 3.05) is 33.8 Å². The van der Waals surface area contributed by atoms with E-state index in [1.807, 2.05) is 19.1 Å². The number of nitrogens with two attached hydrogens (primary N) is 1. The van der Waals surface area contributed by atoms with Crippen molar-refractivity contribution in [3.63, 3.8) is 0 Å². The fourth-order valence-electron chi connectivity index (χ4n) is 4.40. The SMILES string of the molecule is CN=C1CN(C)CC(C(F)F)Oc2c(c(C)nn2C)-c2cc3c([nH]nc3c(C)n2)/C=C/C1=C(/N)OCC#N. The number of rotatable bonds is 3. The van der Waals surface area contributed by atoms with E-state index in [1.54, 1.807) is 45.1 Å². The zero-order valence-electron chi connectivity index (χ0n) is 21.8. The van der Waals surface area contributed by atoms with Crippen LogP contribution in [0.1, 0.15) is 17.1 Å². The molecule has 200 valence electrons. The summed E-state index contributed by atoms with van der Waals surface area (Å²) < 4.78 is 41.2. The molecular weight excluding hydrogens is 496 g/mol. The first-order chi connectivity index (χ1) is 18.1. The molecule has 1 aliphatic heterocycles. The summed E-state index contributed by atoms with van der Waals surface area (Å²) in [4.78, 5) is 10.7. The fourth-order valence-corrected chi connectivity index (χ4v) is 4.40. The number of hydrogen-bond donors (Lipinski definition) is 2. The molecule has 3 aromatic rings. The smallest absolute Gasteiger partial charge is 0.276 e. The van der Waals surface area contributed by atoms with Crippen LogP contribution in [0.5, 0.6) is 5.88 Å². The molecule has 0 aromatic carbocycles. The molecular formula is C25H29F2N9O2. The second-order valence-corrected chi connectivity index (χ2v) is 8.93. The lowest BCUT2D eigenvalue weighted by molar-refractivity contribution is -0.00624. The normalized spacial score (nSPS) is 20.1. The number of aromatic nitrogens is 5. The van der Waals surface area contributed by atoms with Crippen molar-refractivity contribution >= 4 is 22.7 Å². The molecule has 0 saturated heterocycles. The molecule has 1 unspecified atom stereocenters. The van der Waals surface area contributed by atoms with Crippen molar-refractivity contribution in [1.29, 1.82) is 5.26 Å². The first-order valence-electron chi connectivity index (χ1n) is 11.8. The summed E-state index contributed by atoms with van der Waals surface area (Å²) in [6.07, 6.45) is -0.778. The van der Waals surface area contributed by atoms with Gasteiger partial charge in [-0.25, -0.2) is 13.5 Å². The molecule has 2 bridgehead atoms. The largest absolute Gasteiger partial charge is 0.467 e. The van der Waals surface area contributed by atoms with Crippen LogP contribution in [0, 0.1) is 25.2 Å². The first-order valence-corrected chi connectivity index (χ1v) is 11.8. The Bertz CT molecular complexity index is 1480. The van der Waals surface area contributed by atoms with E-state index in [0.717, 1.165) is 5.39 Å². The quantitative estimate of drug-likeness (QED) is 0.497. The van der Waals surface area contributed by atoms with Gasteiger partial charge in [-0.3, -0.25) is 20.0 Å². The van der Waals surface area contributed by atoms with Gasteiger partial charge in [-0.1, -0.05) is 0 Å². The minimum atomic E-state index is -2.78. The van der Waals surface area contributed by atoms with E-state index >= 15 is 0 Å². The highest BCUT2D eigenvalue weighted by atomic mass is 19.3. The highest BCUT2D eigenvalue weighted by molar-refractivity contribution is 6.05. The molecule has 1 atom stereocenters. The standard InChI is InChI=1S/C25H29F2N9O2/c1-13-21-18-10-16-17(32-33-22(16)14(2)31-18)7-6-15(24(29)37-9-8-28)19(30-3)11-35(4)12-20(23(26)27)38-25(21)36(5)34-13/h6-7,10,20,23H,9,11-12,29H2,1-5H3,(H,32,33)/b7-6+,24-15+,30-19?. The van der Waals surface area contributed by atoms with Crippen LogP contribution in [0.2, 0.25) is 0 Å². The summed E-state index contributed by atoms with van der Waals surface area (Å²) in [5.74, 6) is 0.182. The van der Waals surface area contributed by atoms with E-state index in [9.17, 15) is 8.78 Å². The number of aromatic amines is 1. The lowest BCUT2D eigenvalue weighted by Crippen LogP contribution is -2.41. The molecule has 4 heterocycles. The van der Waals surface area contributed by atoms with E-state index in [4.69, 9.17) is 25.5 Å². The Hall–Kier alpha value is -4.31. The third-order valence-electron chi connectivity index (χ3n) is 6.18. The second kappa shape index (κ2) is 11.0. The van der Waals surface area contributed by atoms with Crippen molar-refractivity contribution in [1.82, 2.24) is 29.9 Å². The maximum absolute atomic E-state index is 14.2. The Morgan fingerprint density at radius 1 is 1.34 bits per heavy atom. The predicted molar refractivity (Wildman–Crippen MR) is 139 cm³/mol. The van der Waals surface area contributed by atoms with Crippen molar-refractivity contribution in [3.05, 3.63) is 40.7 Å². The molecule has 1 aliphatic rings. The maximum Gasteiger partial charge on any atom is 0.276 e. The van der Waals surface area contributed by atoms with Crippen molar-refractivity contribution < 1.29 is 18.3 Å². The molecule has 4 rings (SSSR count). The van der Waals surface area contributed by atoms with E-state index in [1.165, 1.54) is 4.68 Å². The van der Waals surface area contributed by atoms with E-state index in [-0.39, 0.29) is 31.5 Å². The topological polar surface area (TPSA) is 143 Å². The van der Waals surface area contributed by atoms with Gasteiger partial charge in [0.05, 0.1) is 39.6 Å². The molecule has 38 heavy (non-hydrogen) atoms. The summed E-state index contributed by atoms with van der Waals surface area (Å²) in [6.45, 7) is 3.37. The van der Waals surface area contributed by atoms with Crippen LogP contribution < -0.4 is 10.5 Å². The lowest BCUT2D eigenvalue weighted by Gasteiger charge is -2.25. The molecule has 13 heteroatoms. The molecule has 3 N–H and O–H groups in total. The van der Waals surface area contributed by atoms with E-state index in [2.05, 4.69) is 20.3 Å². The summed E-state index contributed by atoms with van der Waals surface area (Å²) in [5, 5.41) is 21.5. The van der Waals surface area contributed by atoms with Crippen LogP contribution in [0.4, 0.5) is 8.78 Å². The number of hydrogen-bond acceptors (Lipinski definition) is 9. The molecule has 0 amide bonds. The Balaban J connectivity index is 1.97. The van der Waals surface area contributed by atoms with E-state index in [0.29, 0.717) is 45.1 Å². The highest BCUT2D eigenvalue weighted by Gasteiger charge is 2.29. The minimum absolute atomic E-state index is 0.0146. The van der Waals surface area contributed by atoms with Gasteiger partial charge in [-0.15, -0.1) is 0 Å². The van der Waals surface area contributed by atoms with E-state index < -0.39 is 12.5 Å². The first kappa shape index (κ1) is 26.7. The van der Waals surface area contributed by atoms with Crippen molar-refractivity contribution in [2.45, 2.75) is 26.4 Å². The Kier molecular flexibility index (Phi) is 7.72. The Morgan fingerprint density at radius 2 is 2.11 bits per heavy atom. The molecule has 11 nitrogen and oxygen atoms in total. The van der Waals surface area contributed by atoms with Gasteiger partial charge in [0.25, 0.3) is 6.43 Å². The van der Waals surface area contributed by atoms with Crippen LogP contribution in [0.15, 0.2) is 28.6 Å². The molecule has 0 fully saturated rings. The zero-order chi connectivity index (χ0) is 27.6. The summed E-state index contributed by atoms with van der Waals surface area (Å²) >= 11 is 0. The maximum atomic E-state index is 14.2. The number of fused-ring (bicyclic) bond motifs is 3. The number of nitrogens with zero attached hydrogens (tertiary/aromatic N) is 7.